The van der Waals surface area contributed by atoms with Gasteiger partial charge in [-0.15, -0.1) is 0 Å². The number of halogens is 3. The van der Waals surface area contributed by atoms with E-state index in [4.69, 9.17) is 14.5 Å². The van der Waals surface area contributed by atoms with Crippen molar-refractivity contribution in [2.75, 3.05) is 37.7 Å². The smallest absolute Gasteiger partial charge is 0.319 e. The van der Waals surface area contributed by atoms with Crippen LogP contribution >= 0.6 is 0 Å². The highest BCUT2D eigenvalue weighted by Crippen LogP contribution is 2.45. The van der Waals surface area contributed by atoms with Crippen molar-refractivity contribution in [1.82, 2.24) is 25.2 Å². The Morgan fingerprint density at radius 2 is 2.02 bits per heavy atom. The van der Waals surface area contributed by atoms with Gasteiger partial charge >= 0.3 is 6.01 Å². The van der Waals surface area contributed by atoms with E-state index in [9.17, 15) is 9.50 Å². The Bertz CT molecular complexity index is 1840. The molecule has 2 aromatic heterocycles. The topological polar surface area (TPSA) is 95.9 Å². The largest absolute Gasteiger partial charge is 0.508 e. The van der Waals surface area contributed by atoms with Crippen molar-refractivity contribution in [1.29, 1.82) is 0 Å². The monoisotopic (exact) mass is 604 g/mol. The van der Waals surface area contributed by atoms with Gasteiger partial charge < -0.3 is 24.8 Å². The zero-order chi connectivity index (χ0) is 29.7. The van der Waals surface area contributed by atoms with Gasteiger partial charge in [-0.1, -0.05) is 12.1 Å². The van der Waals surface area contributed by atoms with Gasteiger partial charge in [0.25, 0.3) is 0 Å². The van der Waals surface area contributed by atoms with Crippen LogP contribution in [0.5, 0.6) is 17.6 Å². The Morgan fingerprint density at radius 3 is 2.93 bits per heavy atom. The van der Waals surface area contributed by atoms with Crippen molar-refractivity contribution in [3.05, 3.63) is 42.0 Å². The van der Waals surface area contributed by atoms with Crippen LogP contribution in [0.15, 0.2) is 30.3 Å². The van der Waals surface area contributed by atoms with Crippen molar-refractivity contribution < 1.29 is 27.8 Å². The van der Waals surface area contributed by atoms with E-state index in [1.165, 1.54) is 24.3 Å². The Kier molecular flexibility index (Phi) is 5.75. The molecule has 4 aromatic rings. The normalized spacial score (nSPS) is 29.1. The first kappa shape index (κ1) is 26.5. The van der Waals surface area contributed by atoms with Crippen LogP contribution < -0.4 is 19.7 Å². The average molecular weight is 605 g/mol. The first-order valence-electron chi connectivity index (χ1n) is 15.4. The van der Waals surface area contributed by atoms with E-state index < -0.39 is 23.3 Å². The highest BCUT2D eigenvalue weighted by atomic mass is 19.1. The minimum atomic E-state index is -0.915. The summed E-state index contributed by atoms with van der Waals surface area (Å²) < 4.78 is 59.1. The molecule has 5 atom stereocenters. The second kappa shape index (κ2) is 9.55. The van der Waals surface area contributed by atoms with Gasteiger partial charge in [0.1, 0.15) is 53.4 Å². The molecule has 7 heterocycles. The molecular formula is C32H31F3N6O3. The summed E-state index contributed by atoms with van der Waals surface area (Å²) >= 11 is 0. The van der Waals surface area contributed by atoms with Gasteiger partial charge in [0.05, 0.1) is 11.6 Å². The predicted octanol–water partition coefficient (Wildman–Crippen LogP) is 4.49. The first-order valence-corrected chi connectivity index (χ1v) is 15.4. The Morgan fingerprint density at radius 1 is 1.11 bits per heavy atom. The molecule has 0 radical (unpaired) electrons. The van der Waals surface area contributed by atoms with Crippen LogP contribution in [0, 0.1) is 11.6 Å². The highest BCUT2D eigenvalue weighted by Gasteiger charge is 2.50. The molecule has 228 valence electrons. The Labute approximate surface area is 251 Å². The molecule has 44 heavy (non-hydrogen) atoms. The van der Waals surface area contributed by atoms with Crippen molar-refractivity contribution in [3.63, 3.8) is 0 Å². The van der Waals surface area contributed by atoms with E-state index in [2.05, 4.69) is 25.1 Å². The molecule has 4 saturated heterocycles. The number of aromatic nitrogens is 3. The van der Waals surface area contributed by atoms with Crippen LogP contribution in [-0.2, 0) is 0 Å². The van der Waals surface area contributed by atoms with E-state index >= 15 is 8.78 Å². The summed E-state index contributed by atoms with van der Waals surface area (Å²) in [7, 11) is 0. The fraction of sp³-hybridized carbons (Fsp3) is 0.469. The maximum Gasteiger partial charge on any atom is 0.319 e. The third-order valence-corrected chi connectivity index (χ3v) is 10.3. The zero-order valence-corrected chi connectivity index (χ0v) is 23.9. The van der Waals surface area contributed by atoms with Gasteiger partial charge in [0.2, 0.25) is 5.88 Å². The molecule has 2 bridgehead atoms. The van der Waals surface area contributed by atoms with Crippen LogP contribution in [0.3, 0.4) is 0 Å². The maximum absolute atomic E-state index is 16.8. The summed E-state index contributed by atoms with van der Waals surface area (Å²) in [6, 6.07) is 7.54. The van der Waals surface area contributed by atoms with Crippen LogP contribution in [-0.4, -0.2) is 87.6 Å². The van der Waals surface area contributed by atoms with Gasteiger partial charge in [-0.3, -0.25) is 4.90 Å². The van der Waals surface area contributed by atoms with E-state index in [-0.39, 0.29) is 71.1 Å². The van der Waals surface area contributed by atoms with Crippen molar-refractivity contribution in [3.8, 4) is 28.9 Å². The van der Waals surface area contributed by atoms with E-state index in [0.29, 0.717) is 36.1 Å². The van der Waals surface area contributed by atoms with E-state index in [1.54, 1.807) is 6.07 Å². The molecule has 9 nitrogen and oxygen atoms in total. The number of alkyl halides is 1. The molecule has 0 unspecified atom stereocenters. The number of anilines is 1. The average Bonchev–Trinajstić information content (AvgIpc) is 3.64. The summed E-state index contributed by atoms with van der Waals surface area (Å²) in [5.74, 6) is -0.881. The molecule has 5 aliphatic heterocycles. The lowest BCUT2D eigenvalue weighted by Crippen LogP contribution is -2.60. The Hall–Kier alpha value is -3.90. The fourth-order valence-corrected chi connectivity index (χ4v) is 8.36. The fourth-order valence-electron chi connectivity index (χ4n) is 8.36. The van der Waals surface area contributed by atoms with Gasteiger partial charge in [-0.2, -0.15) is 9.97 Å². The number of piperazine rings is 1. The molecule has 0 amide bonds. The lowest BCUT2D eigenvalue weighted by molar-refractivity contribution is 0.107. The molecule has 0 aliphatic carbocycles. The van der Waals surface area contributed by atoms with Crippen LogP contribution in [0.1, 0.15) is 32.1 Å². The van der Waals surface area contributed by atoms with E-state index in [0.717, 1.165) is 32.2 Å². The maximum atomic E-state index is 16.8. The molecule has 5 aliphatic rings. The van der Waals surface area contributed by atoms with Gasteiger partial charge in [0, 0.05) is 42.5 Å². The van der Waals surface area contributed by atoms with Crippen molar-refractivity contribution in [2.45, 2.75) is 61.9 Å². The van der Waals surface area contributed by atoms with E-state index in [1.807, 2.05) is 0 Å². The number of rotatable bonds is 4. The Balaban J connectivity index is 1.23. The first-order chi connectivity index (χ1) is 21.4. The van der Waals surface area contributed by atoms with Gasteiger partial charge in [-0.05, 0) is 55.8 Å². The predicted molar refractivity (Wildman–Crippen MR) is 157 cm³/mol. The lowest BCUT2D eigenvalue weighted by Gasteiger charge is -2.40. The summed E-state index contributed by atoms with van der Waals surface area (Å²) in [4.78, 5) is 18.3. The SMILES string of the molecule is Oc1cc(-c2nc3c4c(nc(OC[C@]56CCCN5C[C@H](F)C6)nc4c2F)N2C[C@H]4CC[C@H](N4)[C@H]2CO3)c2c(F)cccc2c1. The number of aromatic hydroxyl groups is 1. The standard InChI is InChI=1S/C32H31F3N6O3/c33-17-11-32(7-2-8-40(32)12-17)15-44-31-38-28-25-29(39-31)41-13-18-5-6-22(36-18)23(41)14-43-30(25)37-27(26(28)35)20-10-19(42)9-16-3-1-4-21(34)24(16)20/h1,3-4,9-10,17-18,22-23,36,42H,2,5-8,11-15H2/t17-,18-,22+,23-,32-/m1/s1. The minimum Gasteiger partial charge on any atom is -0.508 e. The van der Waals surface area contributed by atoms with Crippen LogP contribution in [0.2, 0.25) is 0 Å². The quantitative estimate of drug-likeness (QED) is 0.350. The highest BCUT2D eigenvalue weighted by molar-refractivity contribution is 6.02. The third-order valence-electron chi connectivity index (χ3n) is 10.3. The zero-order valence-electron chi connectivity index (χ0n) is 23.9. The molecule has 9 rings (SSSR count). The number of nitrogens with one attached hydrogen (secondary N) is 1. The van der Waals surface area contributed by atoms with Gasteiger partial charge in [-0.25, -0.2) is 18.2 Å². The third kappa shape index (κ3) is 3.89. The van der Waals surface area contributed by atoms with Crippen molar-refractivity contribution >= 4 is 27.5 Å². The number of benzene rings is 2. The number of hydrogen-bond acceptors (Lipinski definition) is 9. The number of ether oxygens (including phenoxy) is 2. The second-order valence-electron chi connectivity index (χ2n) is 12.9. The number of pyridine rings is 1. The molecule has 0 saturated carbocycles. The number of phenolic OH excluding ortho intramolecular Hbond substituents is 1. The number of hydrogen-bond donors (Lipinski definition) is 2. The van der Waals surface area contributed by atoms with Crippen LogP contribution in [0.25, 0.3) is 32.9 Å². The molecule has 0 spiro atoms. The van der Waals surface area contributed by atoms with Gasteiger partial charge in [0.15, 0.2) is 5.82 Å². The number of nitrogens with zero attached hydrogens (tertiary/aromatic N) is 5. The van der Waals surface area contributed by atoms with Crippen molar-refractivity contribution in [2.24, 2.45) is 0 Å². The lowest BCUT2D eigenvalue weighted by atomic mass is 9.95. The minimum absolute atomic E-state index is 0.00323. The number of phenols is 1. The summed E-state index contributed by atoms with van der Waals surface area (Å²) in [6.07, 6.45) is 3.24. The molecule has 12 heteroatoms. The molecule has 2 N–H and O–H groups in total. The second-order valence-corrected chi connectivity index (χ2v) is 12.9. The summed E-state index contributed by atoms with van der Waals surface area (Å²) in [6.45, 7) is 2.34. The molecule has 2 aromatic carbocycles. The molecular weight excluding hydrogens is 573 g/mol. The number of fused-ring (bicyclic) bond motifs is 7. The summed E-state index contributed by atoms with van der Waals surface area (Å²) in [5.41, 5.74) is -0.593. The van der Waals surface area contributed by atoms with Crippen LogP contribution in [0.4, 0.5) is 19.0 Å². The summed E-state index contributed by atoms with van der Waals surface area (Å²) in [5, 5.41) is 15.0. The molecule has 4 fully saturated rings.